The van der Waals surface area contributed by atoms with Crippen LogP contribution in [0.15, 0.2) is 48.8 Å². The summed E-state index contributed by atoms with van der Waals surface area (Å²) in [5.41, 5.74) is 2.08. The zero-order valence-electron chi connectivity index (χ0n) is 26.0. The molecular formula is C34H35F3N8O. The van der Waals surface area contributed by atoms with Gasteiger partial charge in [-0.15, -0.1) is 10.2 Å². The highest BCUT2D eigenvalue weighted by molar-refractivity contribution is 6.10. The van der Waals surface area contributed by atoms with Crippen molar-refractivity contribution in [1.29, 1.82) is 5.26 Å². The predicted molar refractivity (Wildman–Crippen MR) is 169 cm³/mol. The van der Waals surface area contributed by atoms with Crippen molar-refractivity contribution >= 4 is 17.5 Å². The lowest BCUT2D eigenvalue weighted by atomic mass is 9.97. The summed E-state index contributed by atoms with van der Waals surface area (Å²) in [7, 11) is 1.81. The molecule has 1 fully saturated rings. The van der Waals surface area contributed by atoms with E-state index < -0.39 is 17.6 Å². The summed E-state index contributed by atoms with van der Waals surface area (Å²) in [4.78, 5) is 22.1. The Morgan fingerprint density at radius 3 is 2.48 bits per heavy atom. The number of benzene rings is 2. The van der Waals surface area contributed by atoms with Crippen LogP contribution in [0.5, 0.6) is 0 Å². The molecule has 1 saturated heterocycles. The number of nitrogens with zero attached hydrogens (tertiary/aromatic N) is 7. The molecule has 0 unspecified atom stereocenters. The van der Waals surface area contributed by atoms with Gasteiger partial charge in [-0.2, -0.15) is 18.4 Å². The largest absolute Gasteiger partial charge is 0.416 e. The molecule has 4 heterocycles. The molecule has 0 atom stereocenters. The zero-order valence-corrected chi connectivity index (χ0v) is 26.0. The van der Waals surface area contributed by atoms with Gasteiger partial charge in [0.25, 0.3) is 5.91 Å². The molecule has 2 aromatic carbocycles. The number of hydrogen-bond acceptors (Lipinski definition) is 7. The van der Waals surface area contributed by atoms with Gasteiger partial charge >= 0.3 is 6.18 Å². The van der Waals surface area contributed by atoms with Gasteiger partial charge in [0.15, 0.2) is 5.82 Å². The Morgan fingerprint density at radius 1 is 1.02 bits per heavy atom. The summed E-state index contributed by atoms with van der Waals surface area (Å²) in [5.74, 6) is 0.977. The summed E-state index contributed by atoms with van der Waals surface area (Å²) in [6, 6.07) is 13.7. The average molecular weight is 629 g/mol. The minimum absolute atomic E-state index is 0.0463. The highest BCUT2D eigenvalue weighted by atomic mass is 19.4. The van der Waals surface area contributed by atoms with Crippen LogP contribution in [-0.4, -0.2) is 50.2 Å². The van der Waals surface area contributed by atoms with Crippen LogP contribution >= 0.6 is 0 Å². The molecule has 2 aliphatic heterocycles. The quantitative estimate of drug-likeness (QED) is 0.233. The maximum Gasteiger partial charge on any atom is 0.416 e. The summed E-state index contributed by atoms with van der Waals surface area (Å²) >= 11 is 0. The third-order valence-corrected chi connectivity index (χ3v) is 8.45. The van der Waals surface area contributed by atoms with Crippen LogP contribution in [0.25, 0.3) is 22.5 Å². The van der Waals surface area contributed by atoms with E-state index in [4.69, 9.17) is 4.98 Å². The van der Waals surface area contributed by atoms with Crippen LogP contribution in [0.2, 0.25) is 0 Å². The number of pyridine rings is 1. The second-order valence-corrected chi connectivity index (χ2v) is 12.4. The van der Waals surface area contributed by atoms with E-state index in [1.54, 1.807) is 41.2 Å². The number of amides is 1. The summed E-state index contributed by atoms with van der Waals surface area (Å²) in [6.45, 7) is 6.41. The van der Waals surface area contributed by atoms with Gasteiger partial charge in [-0.05, 0) is 96.6 Å². The topological polar surface area (TPSA) is 103 Å². The number of carbonyl (C=O) groups is 1. The van der Waals surface area contributed by atoms with Crippen molar-refractivity contribution in [2.24, 2.45) is 13.0 Å². The summed E-state index contributed by atoms with van der Waals surface area (Å²) in [6.07, 6.45) is 0.0786. The number of aryl methyl sites for hydroxylation is 1. The van der Waals surface area contributed by atoms with Crippen LogP contribution < -0.4 is 10.2 Å². The number of likely N-dealkylation sites (tertiary alicyclic amines) is 1. The maximum atomic E-state index is 14.5. The monoisotopic (exact) mass is 628 g/mol. The molecule has 6 rings (SSSR count). The van der Waals surface area contributed by atoms with E-state index in [1.165, 1.54) is 11.0 Å². The minimum atomic E-state index is -4.62. The van der Waals surface area contributed by atoms with Crippen molar-refractivity contribution in [3.8, 4) is 28.6 Å². The molecule has 9 nitrogen and oxygen atoms in total. The number of nitriles is 1. The van der Waals surface area contributed by atoms with Crippen LogP contribution in [0.4, 0.5) is 24.8 Å². The number of hydrogen-bond donors (Lipinski definition) is 1. The first-order valence-electron chi connectivity index (χ1n) is 15.4. The maximum absolute atomic E-state index is 14.5. The van der Waals surface area contributed by atoms with Gasteiger partial charge in [0.05, 0.1) is 23.7 Å². The number of rotatable bonds is 8. The fourth-order valence-electron chi connectivity index (χ4n) is 6.16. The van der Waals surface area contributed by atoms with E-state index in [9.17, 15) is 23.2 Å². The number of carbonyl (C=O) groups excluding carboxylic acids is 1. The zero-order chi connectivity index (χ0) is 32.6. The van der Waals surface area contributed by atoms with Crippen LogP contribution in [0, 0.1) is 17.2 Å². The summed E-state index contributed by atoms with van der Waals surface area (Å²) < 4.78 is 45.1. The Labute approximate surface area is 265 Å². The third-order valence-electron chi connectivity index (χ3n) is 8.45. The van der Waals surface area contributed by atoms with E-state index in [2.05, 4.69) is 26.5 Å². The fourth-order valence-corrected chi connectivity index (χ4v) is 6.16. The highest BCUT2D eigenvalue weighted by Crippen LogP contribution is 2.41. The van der Waals surface area contributed by atoms with E-state index in [1.807, 2.05) is 27.0 Å². The first-order chi connectivity index (χ1) is 22.0. The Hall–Kier alpha value is -4.76. The molecule has 2 aromatic heterocycles. The lowest BCUT2D eigenvalue weighted by Crippen LogP contribution is -2.29. The Kier molecular flexibility index (Phi) is 8.53. The fraction of sp³-hybridized carbons (Fsp3) is 0.382. The second kappa shape index (κ2) is 12.6. The summed E-state index contributed by atoms with van der Waals surface area (Å²) in [5, 5.41) is 21.3. The SMILES string of the molecule is CC(C)CNc1cc(-c2cc(C#N)ccc2-c2nncn2C)cc(N2Cc3c(cc(CN4CCCCC4)cc3C(F)(F)F)C2=O)n1. The molecule has 0 bridgehead atoms. The number of alkyl halides is 3. The lowest BCUT2D eigenvalue weighted by molar-refractivity contribution is -0.138. The molecule has 1 amide bonds. The number of aromatic nitrogens is 4. The Balaban J connectivity index is 1.45. The van der Waals surface area contributed by atoms with Crippen molar-refractivity contribution in [3.63, 3.8) is 0 Å². The van der Waals surface area contributed by atoms with E-state index >= 15 is 0 Å². The van der Waals surface area contributed by atoms with Crippen molar-refractivity contribution in [2.45, 2.75) is 52.4 Å². The van der Waals surface area contributed by atoms with E-state index in [0.29, 0.717) is 52.5 Å². The minimum Gasteiger partial charge on any atom is -0.370 e. The number of nitrogens with one attached hydrogen (secondary N) is 1. The van der Waals surface area contributed by atoms with Crippen molar-refractivity contribution < 1.29 is 18.0 Å². The smallest absolute Gasteiger partial charge is 0.370 e. The molecule has 0 spiro atoms. The normalized spacial score (nSPS) is 15.3. The predicted octanol–water partition coefficient (Wildman–Crippen LogP) is 6.65. The van der Waals surface area contributed by atoms with E-state index in [-0.39, 0.29) is 29.4 Å². The number of halogens is 3. The van der Waals surface area contributed by atoms with Gasteiger partial charge in [-0.3, -0.25) is 14.6 Å². The van der Waals surface area contributed by atoms with Gasteiger partial charge in [0, 0.05) is 31.3 Å². The molecule has 4 aromatic rings. The first kappa shape index (κ1) is 31.2. The molecule has 12 heteroatoms. The standard InChI is InChI=1S/C34H35F3N8O/c1-21(2)17-39-30-14-24(26-11-22(16-38)7-8-25(26)32-42-40-20-43(32)3)15-31(41-30)45-19-28-27(33(45)46)12-23(13-29(28)34(35,36)37)18-44-9-5-4-6-10-44/h7-8,11-15,20-21H,4-6,9-10,17-19H2,1-3H3,(H,39,41). The highest BCUT2D eigenvalue weighted by Gasteiger charge is 2.41. The second-order valence-electron chi connectivity index (χ2n) is 12.4. The molecule has 2 aliphatic rings. The number of anilines is 2. The lowest BCUT2D eigenvalue weighted by Gasteiger charge is -2.27. The third kappa shape index (κ3) is 6.33. The number of piperidine rings is 1. The molecule has 0 saturated carbocycles. The van der Waals surface area contributed by atoms with Crippen LogP contribution in [0.1, 0.15) is 65.7 Å². The van der Waals surface area contributed by atoms with Crippen molar-refractivity contribution in [2.75, 3.05) is 29.9 Å². The molecule has 238 valence electrons. The van der Waals surface area contributed by atoms with Gasteiger partial charge in [0.2, 0.25) is 0 Å². The Bertz CT molecular complexity index is 1820. The molecular weight excluding hydrogens is 593 g/mol. The van der Waals surface area contributed by atoms with Crippen LogP contribution in [0.3, 0.4) is 0 Å². The van der Waals surface area contributed by atoms with Gasteiger partial charge in [-0.1, -0.05) is 20.3 Å². The number of fused-ring (bicyclic) bond motifs is 1. The van der Waals surface area contributed by atoms with Gasteiger partial charge < -0.3 is 9.88 Å². The average Bonchev–Trinajstić information content (AvgIpc) is 3.61. The Morgan fingerprint density at radius 2 is 1.80 bits per heavy atom. The first-order valence-corrected chi connectivity index (χ1v) is 15.4. The molecule has 0 aliphatic carbocycles. The van der Waals surface area contributed by atoms with E-state index in [0.717, 1.165) is 32.4 Å². The van der Waals surface area contributed by atoms with Crippen LogP contribution in [-0.2, 0) is 26.3 Å². The molecule has 0 radical (unpaired) electrons. The molecule has 46 heavy (non-hydrogen) atoms. The van der Waals surface area contributed by atoms with Crippen molar-refractivity contribution in [1.82, 2.24) is 24.6 Å². The van der Waals surface area contributed by atoms with Crippen molar-refractivity contribution in [3.05, 3.63) is 76.6 Å². The molecule has 1 N–H and O–H groups in total. The van der Waals surface area contributed by atoms with Gasteiger partial charge in [-0.25, -0.2) is 4.98 Å². The van der Waals surface area contributed by atoms with Gasteiger partial charge in [0.1, 0.15) is 18.0 Å².